The number of hydrogen-bond acceptors (Lipinski definition) is 2. The Balaban J connectivity index is 2.09. The van der Waals surface area contributed by atoms with E-state index in [1.807, 2.05) is 0 Å². The number of benzene rings is 1. The minimum atomic E-state index is -0.425. The molecule has 17 heavy (non-hydrogen) atoms. The number of nitrogens with two attached hydrogens (primary N) is 1. The van der Waals surface area contributed by atoms with E-state index in [0.29, 0.717) is 6.42 Å². The fourth-order valence-electron chi connectivity index (χ4n) is 2.28. The highest BCUT2D eigenvalue weighted by Crippen LogP contribution is 2.23. The molecule has 1 aliphatic heterocycles. The number of halogens is 2. The smallest absolute Gasteiger partial charge is 0.234 e. The third-order valence-electron chi connectivity index (χ3n) is 3.14. The van der Waals surface area contributed by atoms with E-state index < -0.39 is 5.82 Å². The lowest BCUT2D eigenvalue weighted by Gasteiger charge is -2.16. The summed E-state index contributed by atoms with van der Waals surface area (Å²) in [4.78, 5) is 11.2. The highest BCUT2D eigenvalue weighted by Gasteiger charge is 2.30. The third-order valence-corrected chi connectivity index (χ3v) is 3.43. The van der Waals surface area contributed by atoms with Gasteiger partial charge in [0.1, 0.15) is 5.82 Å². The van der Waals surface area contributed by atoms with Gasteiger partial charge in [0.05, 0.1) is 11.1 Å². The van der Waals surface area contributed by atoms with E-state index in [9.17, 15) is 9.18 Å². The largest absolute Gasteiger partial charge is 0.368 e. The minimum absolute atomic E-state index is 0.115. The lowest BCUT2D eigenvalue weighted by atomic mass is 9.92. The van der Waals surface area contributed by atoms with Crippen LogP contribution >= 0.6 is 11.6 Å². The van der Waals surface area contributed by atoms with Gasteiger partial charge in [-0.2, -0.15) is 0 Å². The van der Waals surface area contributed by atoms with Gasteiger partial charge in [0.25, 0.3) is 0 Å². The fraction of sp³-hybridized carbons (Fsp3) is 0.417. The molecule has 3 N–H and O–H groups in total. The van der Waals surface area contributed by atoms with Crippen LogP contribution in [0.1, 0.15) is 12.0 Å². The average Bonchev–Trinajstić information content (AvgIpc) is 2.72. The maximum atomic E-state index is 13.0. The summed E-state index contributed by atoms with van der Waals surface area (Å²) in [6.45, 7) is 0.785. The number of rotatable bonds is 3. The molecule has 1 amide bonds. The molecule has 0 radical (unpaired) electrons. The topological polar surface area (TPSA) is 55.1 Å². The maximum Gasteiger partial charge on any atom is 0.234 e. The molecule has 3 nitrogen and oxygen atoms in total. The quantitative estimate of drug-likeness (QED) is 0.861. The second-order valence-electron chi connectivity index (χ2n) is 4.34. The van der Waals surface area contributed by atoms with Gasteiger partial charge in [-0.05, 0) is 43.0 Å². The second-order valence-corrected chi connectivity index (χ2v) is 4.74. The van der Waals surface area contributed by atoms with Crippen LogP contribution < -0.4 is 11.1 Å². The SMILES string of the molecule is NC(=O)[C@H]1NCC[C@H]1Cc1ccc(F)c(Cl)c1. The summed E-state index contributed by atoms with van der Waals surface area (Å²) in [7, 11) is 0. The number of carbonyl (C=O) groups is 1. The van der Waals surface area contributed by atoms with Gasteiger partial charge in [-0.25, -0.2) is 4.39 Å². The summed E-state index contributed by atoms with van der Waals surface area (Å²) in [6, 6.07) is 4.35. The van der Waals surface area contributed by atoms with Gasteiger partial charge in [0.15, 0.2) is 0 Å². The molecule has 1 heterocycles. The molecular weight excluding hydrogens is 243 g/mol. The summed E-state index contributed by atoms with van der Waals surface area (Å²) < 4.78 is 13.0. The van der Waals surface area contributed by atoms with Crippen molar-refractivity contribution in [2.75, 3.05) is 6.54 Å². The van der Waals surface area contributed by atoms with Crippen LogP contribution in [0.3, 0.4) is 0 Å². The predicted molar refractivity (Wildman–Crippen MR) is 64.2 cm³/mol. The second kappa shape index (κ2) is 5.02. The normalized spacial score (nSPS) is 23.9. The summed E-state index contributed by atoms with van der Waals surface area (Å²) in [5.41, 5.74) is 6.24. The van der Waals surface area contributed by atoms with Crippen LogP contribution in [0.5, 0.6) is 0 Å². The van der Waals surface area contributed by atoms with Gasteiger partial charge in [-0.15, -0.1) is 0 Å². The Morgan fingerprint density at radius 1 is 1.59 bits per heavy atom. The number of nitrogens with one attached hydrogen (secondary N) is 1. The highest BCUT2D eigenvalue weighted by molar-refractivity contribution is 6.30. The van der Waals surface area contributed by atoms with E-state index in [-0.39, 0.29) is 22.9 Å². The fourth-order valence-corrected chi connectivity index (χ4v) is 2.48. The van der Waals surface area contributed by atoms with Gasteiger partial charge in [-0.3, -0.25) is 4.79 Å². The average molecular weight is 257 g/mol. The van der Waals surface area contributed by atoms with Crippen LogP contribution in [0.15, 0.2) is 18.2 Å². The van der Waals surface area contributed by atoms with Gasteiger partial charge < -0.3 is 11.1 Å². The molecule has 0 aromatic heterocycles. The van der Waals surface area contributed by atoms with Crippen molar-refractivity contribution in [1.29, 1.82) is 0 Å². The first-order valence-electron chi connectivity index (χ1n) is 5.54. The number of amides is 1. The van der Waals surface area contributed by atoms with Crippen LogP contribution in [0, 0.1) is 11.7 Å². The summed E-state index contributed by atoms with van der Waals surface area (Å²) >= 11 is 5.72. The van der Waals surface area contributed by atoms with E-state index in [2.05, 4.69) is 5.32 Å². The first-order chi connectivity index (χ1) is 8.08. The van der Waals surface area contributed by atoms with E-state index in [1.165, 1.54) is 6.07 Å². The first-order valence-corrected chi connectivity index (χ1v) is 5.92. The van der Waals surface area contributed by atoms with Crippen molar-refractivity contribution >= 4 is 17.5 Å². The summed E-state index contributed by atoms with van der Waals surface area (Å²) in [5.74, 6) is -0.596. The molecule has 0 spiro atoms. The molecule has 1 aliphatic rings. The predicted octanol–water partition coefficient (Wildman–Crippen LogP) is 1.48. The lowest BCUT2D eigenvalue weighted by Crippen LogP contribution is -2.41. The van der Waals surface area contributed by atoms with Gasteiger partial charge in [-0.1, -0.05) is 17.7 Å². The van der Waals surface area contributed by atoms with Gasteiger partial charge >= 0.3 is 0 Å². The van der Waals surface area contributed by atoms with E-state index in [1.54, 1.807) is 12.1 Å². The molecule has 1 aromatic carbocycles. The standard InChI is InChI=1S/C12H14ClFN2O/c13-9-6-7(1-2-10(9)14)5-8-3-4-16-11(8)12(15)17/h1-2,6,8,11,16H,3-5H2,(H2,15,17)/t8-,11-/m0/s1. The van der Waals surface area contributed by atoms with Gasteiger partial charge in [0.2, 0.25) is 5.91 Å². The summed E-state index contributed by atoms with van der Waals surface area (Å²) in [5, 5.41) is 3.19. The minimum Gasteiger partial charge on any atom is -0.368 e. The first kappa shape index (κ1) is 12.3. The molecule has 2 rings (SSSR count). The van der Waals surface area contributed by atoms with Crippen molar-refractivity contribution in [3.8, 4) is 0 Å². The van der Waals surface area contributed by atoms with Crippen LogP contribution in [0.25, 0.3) is 0 Å². The molecule has 0 bridgehead atoms. The molecule has 0 unspecified atom stereocenters. The van der Waals surface area contributed by atoms with Crippen molar-refractivity contribution in [1.82, 2.24) is 5.32 Å². The zero-order valence-corrected chi connectivity index (χ0v) is 10.0. The van der Waals surface area contributed by atoms with E-state index in [4.69, 9.17) is 17.3 Å². The van der Waals surface area contributed by atoms with Crippen LogP contribution in [-0.2, 0) is 11.2 Å². The Hall–Kier alpha value is -1.13. The number of hydrogen-bond donors (Lipinski definition) is 2. The monoisotopic (exact) mass is 256 g/mol. The van der Waals surface area contributed by atoms with Gasteiger partial charge in [0, 0.05) is 0 Å². The maximum absolute atomic E-state index is 13.0. The lowest BCUT2D eigenvalue weighted by molar-refractivity contribution is -0.120. The van der Waals surface area contributed by atoms with Crippen molar-refractivity contribution in [2.45, 2.75) is 18.9 Å². The van der Waals surface area contributed by atoms with E-state index in [0.717, 1.165) is 18.5 Å². The zero-order valence-electron chi connectivity index (χ0n) is 9.25. The van der Waals surface area contributed by atoms with Crippen LogP contribution in [-0.4, -0.2) is 18.5 Å². The molecule has 1 aromatic rings. The molecule has 1 fully saturated rings. The molecule has 0 saturated carbocycles. The van der Waals surface area contributed by atoms with Crippen LogP contribution in [0.4, 0.5) is 4.39 Å². The molecule has 5 heteroatoms. The Morgan fingerprint density at radius 2 is 2.35 bits per heavy atom. The highest BCUT2D eigenvalue weighted by atomic mass is 35.5. The van der Waals surface area contributed by atoms with E-state index >= 15 is 0 Å². The molecule has 0 aliphatic carbocycles. The number of carbonyl (C=O) groups excluding carboxylic acids is 1. The molecule has 1 saturated heterocycles. The van der Waals surface area contributed by atoms with Crippen molar-refractivity contribution in [3.63, 3.8) is 0 Å². The van der Waals surface area contributed by atoms with Crippen LogP contribution in [0.2, 0.25) is 5.02 Å². The summed E-state index contributed by atoms with van der Waals surface area (Å²) in [6.07, 6.45) is 1.57. The Labute approximate surface area is 104 Å². The van der Waals surface area contributed by atoms with Crippen molar-refractivity contribution in [2.24, 2.45) is 11.7 Å². The Morgan fingerprint density at radius 3 is 3.00 bits per heavy atom. The molecule has 92 valence electrons. The molecular formula is C12H14ClFN2O. The number of primary amides is 1. The van der Waals surface area contributed by atoms with Crippen molar-refractivity contribution < 1.29 is 9.18 Å². The Bertz CT molecular complexity index is 439. The van der Waals surface area contributed by atoms with Crippen molar-refractivity contribution in [3.05, 3.63) is 34.6 Å². The zero-order chi connectivity index (χ0) is 12.4. The molecule has 2 atom stereocenters. The third kappa shape index (κ3) is 2.76. The Kier molecular flexibility index (Phi) is 3.64.